The van der Waals surface area contributed by atoms with Gasteiger partial charge >= 0.3 is 0 Å². The third kappa shape index (κ3) is 7.22. The van der Waals surface area contributed by atoms with Crippen LogP contribution >= 0.6 is 11.8 Å². The zero-order chi connectivity index (χ0) is 23.6. The van der Waals surface area contributed by atoms with Crippen molar-refractivity contribution in [2.75, 3.05) is 12.3 Å². The van der Waals surface area contributed by atoms with Crippen LogP contribution in [0.4, 0.5) is 0 Å². The molecule has 174 valence electrons. The second kappa shape index (κ2) is 12.3. The first kappa shape index (κ1) is 24.6. The average Bonchev–Trinajstić information content (AvgIpc) is 3.21. The molecule has 0 saturated heterocycles. The zero-order valence-electron chi connectivity index (χ0n) is 19.5. The van der Waals surface area contributed by atoms with Gasteiger partial charge in [0.1, 0.15) is 5.75 Å². The molecule has 1 unspecified atom stereocenters. The summed E-state index contributed by atoms with van der Waals surface area (Å²) >= 11 is 1.37. The van der Waals surface area contributed by atoms with Gasteiger partial charge in [0, 0.05) is 13.1 Å². The summed E-state index contributed by atoms with van der Waals surface area (Å²) in [5.74, 6) is 2.21. The normalized spacial score (nSPS) is 11.9. The maximum absolute atomic E-state index is 12.3. The fourth-order valence-corrected chi connectivity index (χ4v) is 4.15. The van der Waals surface area contributed by atoms with Gasteiger partial charge in [0.2, 0.25) is 5.91 Å². The lowest BCUT2D eigenvalue weighted by atomic mass is 10.0. The summed E-state index contributed by atoms with van der Waals surface area (Å²) < 4.78 is 8.06. The van der Waals surface area contributed by atoms with Crippen molar-refractivity contribution in [1.29, 1.82) is 0 Å². The zero-order valence-corrected chi connectivity index (χ0v) is 20.3. The lowest BCUT2D eigenvalue weighted by Crippen LogP contribution is -2.27. The Morgan fingerprint density at radius 1 is 1.12 bits per heavy atom. The van der Waals surface area contributed by atoms with Crippen LogP contribution in [0.3, 0.4) is 0 Å². The molecule has 1 N–H and O–H groups in total. The Kier molecular flexibility index (Phi) is 9.13. The highest BCUT2D eigenvalue weighted by molar-refractivity contribution is 7.99. The van der Waals surface area contributed by atoms with Crippen molar-refractivity contribution in [3.05, 3.63) is 84.2 Å². The molecule has 0 aliphatic carbocycles. The molecule has 0 bridgehead atoms. The van der Waals surface area contributed by atoms with Crippen LogP contribution in [-0.2, 0) is 17.8 Å². The molecule has 3 aromatic rings. The van der Waals surface area contributed by atoms with E-state index in [2.05, 4.69) is 60.2 Å². The highest BCUT2D eigenvalue weighted by atomic mass is 32.2. The third-order valence-corrected chi connectivity index (χ3v) is 6.16. The Labute approximate surface area is 200 Å². The van der Waals surface area contributed by atoms with Gasteiger partial charge in [-0.15, -0.1) is 16.8 Å². The summed E-state index contributed by atoms with van der Waals surface area (Å²) in [6.45, 7) is 11.3. The Balaban J connectivity index is 1.56. The van der Waals surface area contributed by atoms with E-state index in [1.165, 1.54) is 22.9 Å². The smallest absolute Gasteiger partial charge is 0.230 e. The molecule has 1 aromatic heterocycles. The Morgan fingerprint density at radius 3 is 2.52 bits per heavy atom. The minimum atomic E-state index is -0.295. The first-order valence-electron chi connectivity index (χ1n) is 11.2. The first-order valence-corrected chi connectivity index (χ1v) is 12.2. The van der Waals surface area contributed by atoms with Gasteiger partial charge in [0.05, 0.1) is 5.75 Å². The fraction of sp³-hybridized carbons (Fsp3) is 0.346. The number of ether oxygens (including phenoxy) is 1. The highest BCUT2D eigenvalue weighted by Crippen LogP contribution is 2.26. The van der Waals surface area contributed by atoms with Crippen molar-refractivity contribution in [2.45, 2.75) is 50.9 Å². The molecular formula is C26H32N4O2S. The van der Waals surface area contributed by atoms with Crippen molar-refractivity contribution < 1.29 is 9.53 Å². The van der Waals surface area contributed by atoms with Crippen LogP contribution in [0.15, 0.2) is 72.4 Å². The van der Waals surface area contributed by atoms with Gasteiger partial charge < -0.3 is 10.1 Å². The van der Waals surface area contributed by atoms with Gasteiger partial charge in [-0.05, 0) is 42.5 Å². The van der Waals surface area contributed by atoms with Crippen molar-refractivity contribution in [3.8, 4) is 5.75 Å². The minimum Gasteiger partial charge on any atom is -0.483 e. The Bertz CT molecular complexity index is 1030. The van der Waals surface area contributed by atoms with Crippen LogP contribution in [0.25, 0.3) is 0 Å². The number of carbonyl (C=O) groups excluding carboxylic acids is 1. The maximum Gasteiger partial charge on any atom is 0.230 e. The number of hydrogen-bond acceptors (Lipinski definition) is 5. The summed E-state index contributed by atoms with van der Waals surface area (Å²) in [6.07, 6.45) is 2.30. The van der Waals surface area contributed by atoms with Gasteiger partial charge in [-0.1, -0.05) is 74.1 Å². The number of amides is 1. The molecule has 0 spiro atoms. The lowest BCUT2D eigenvalue weighted by Gasteiger charge is -2.16. The minimum absolute atomic E-state index is 0.0276. The molecule has 6 nitrogen and oxygen atoms in total. The summed E-state index contributed by atoms with van der Waals surface area (Å²) in [6, 6.07) is 18.2. The molecule has 1 amide bonds. The molecule has 0 aliphatic heterocycles. The van der Waals surface area contributed by atoms with Crippen LogP contribution in [0, 0.1) is 0 Å². The lowest BCUT2D eigenvalue weighted by molar-refractivity contribution is -0.118. The van der Waals surface area contributed by atoms with E-state index in [1.807, 2.05) is 41.8 Å². The molecule has 3 rings (SSSR count). The van der Waals surface area contributed by atoms with E-state index in [-0.39, 0.29) is 17.8 Å². The second-order valence-corrected chi connectivity index (χ2v) is 9.04. The van der Waals surface area contributed by atoms with E-state index >= 15 is 0 Å². The molecule has 1 heterocycles. The first-order chi connectivity index (χ1) is 16.0. The van der Waals surface area contributed by atoms with Crippen LogP contribution in [0.5, 0.6) is 5.75 Å². The molecular weight excluding hydrogens is 432 g/mol. The van der Waals surface area contributed by atoms with E-state index in [9.17, 15) is 4.79 Å². The van der Waals surface area contributed by atoms with Gasteiger partial charge in [-0.3, -0.25) is 9.36 Å². The number of benzene rings is 2. The molecule has 7 heteroatoms. The van der Waals surface area contributed by atoms with E-state index in [1.54, 1.807) is 6.08 Å². The van der Waals surface area contributed by atoms with Gasteiger partial charge in [0.15, 0.2) is 17.1 Å². The number of nitrogens with one attached hydrogen (secondary N) is 1. The number of hydrogen-bond donors (Lipinski definition) is 1. The summed E-state index contributed by atoms with van der Waals surface area (Å²) in [4.78, 5) is 12.3. The van der Waals surface area contributed by atoms with Gasteiger partial charge in [0.25, 0.3) is 0 Å². The topological polar surface area (TPSA) is 69.0 Å². The van der Waals surface area contributed by atoms with E-state index in [4.69, 9.17) is 4.74 Å². The number of rotatable bonds is 12. The number of nitrogens with zero attached hydrogens (tertiary/aromatic N) is 3. The van der Waals surface area contributed by atoms with Crippen LogP contribution in [0.2, 0.25) is 0 Å². The van der Waals surface area contributed by atoms with E-state index in [0.717, 1.165) is 12.2 Å². The third-order valence-electron chi connectivity index (χ3n) is 5.19. The quantitative estimate of drug-likeness (QED) is 0.295. The van der Waals surface area contributed by atoms with Crippen LogP contribution in [0.1, 0.15) is 49.7 Å². The average molecular weight is 465 g/mol. The molecule has 0 radical (unpaired) electrons. The Hall–Kier alpha value is -3.06. The predicted molar refractivity (Wildman–Crippen MR) is 134 cm³/mol. The highest BCUT2D eigenvalue weighted by Gasteiger charge is 2.20. The molecule has 0 fully saturated rings. The monoisotopic (exact) mass is 464 g/mol. The van der Waals surface area contributed by atoms with Gasteiger partial charge in [-0.25, -0.2) is 0 Å². The summed E-state index contributed by atoms with van der Waals surface area (Å²) in [5.41, 5.74) is 2.47. The van der Waals surface area contributed by atoms with Crippen molar-refractivity contribution >= 4 is 17.7 Å². The number of carbonyl (C=O) groups is 1. The molecule has 33 heavy (non-hydrogen) atoms. The molecule has 0 saturated carbocycles. The number of allylic oxidation sites excluding steroid dienone is 1. The summed E-state index contributed by atoms with van der Waals surface area (Å²) in [5, 5.41) is 12.3. The maximum atomic E-state index is 12.3. The van der Waals surface area contributed by atoms with Crippen molar-refractivity contribution in [2.24, 2.45) is 0 Å². The SMILES string of the molecule is C=CCn1c(SCC(=O)NCCc2ccccc2)nnc1C(C)Oc1ccc(C(C)C)cc1. The number of aromatic nitrogens is 3. The second-order valence-electron chi connectivity index (χ2n) is 8.10. The predicted octanol–water partition coefficient (Wildman–Crippen LogP) is 5.18. The van der Waals surface area contributed by atoms with E-state index in [0.29, 0.717) is 30.0 Å². The van der Waals surface area contributed by atoms with Crippen molar-refractivity contribution in [3.63, 3.8) is 0 Å². The largest absolute Gasteiger partial charge is 0.483 e. The fourth-order valence-electron chi connectivity index (χ4n) is 3.37. The number of thioether (sulfide) groups is 1. The van der Waals surface area contributed by atoms with Crippen LogP contribution < -0.4 is 10.1 Å². The van der Waals surface area contributed by atoms with Crippen LogP contribution in [-0.4, -0.2) is 33.0 Å². The van der Waals surface area contributed by atoms with Gasteiger partial charge in [-0.2, -0.15) is 0 Å². The van der Waals surface area contributed by atoms with E-state index < -0.39 is 0 Å². The molecule has 1 atom stereocenters. The van der Waals surface area contributed by atoms with Crippen molar-refractivity contribution in [1.82, 2.24) is 20.1 Å². The summed E-state index contributed by atoms with van der Waals surface area (Å²) in [7, 11) is 0. The Morgan fingerprint density at radius 2 is 1.85 bits per heavy atom. The molecule has 0 aliphatic rings. The molecule has 2 aromatic carbocycles. The standard InChI is InChI=1S/C26H32N4O2S/c1-5-17-30-25(20(4)32-23-13-11-22(12-14-23)19(2)3)28-29-26(30)33-18-24(31)27-16-15-21-9-7-6-8-10-21/h5-14,19-20H,1,15-18H2,2-4H3,(H,27,31).